The van der Waals surface area contributed by atoms with E-state index in [1.54, 1.807) is 6.07 Å². The minimum Gasteiger partial charge on any atom is -0.445 e. The summed E-state index contributed by atoms with van der Waals surface area (Å²) in [5.74, 6) is 0.280. The lowest BCUT2D eigenvalue weighted by molar-refractivity contribution is 0.498. The molecule has 1 aromatic rings. The summed E-state index contributed by atoms with van der Waals surface area (Å²) >= 11 is 11.0. The van der Waals surface area contributed by atoms with Gasteiger partial charge in [0.2, 0.25) is 5.22 Å². The van der Waals surface area contributed by atoms with Crippen molar-refractivity contribution in [1.29, 1.82) is 5.26 Å². The second kappa shape index (κ2) is 3.14. The monoisotopic (exact) mass is 190 g/mol. The minimum atomic E-state index is -0.806. The molecule has 0 aliphatic rings. The first-order valence-corrected chi connectivity index (χ1v) is 3.50. The van der Waals surface area contributed by atoms with Gasteiger partial charge in [-0.25, -0.2) is 0 Å². The number of furan rings is 1. The number of hydrogen-bond donors (Lipinski definition) is 1. The van der Waals surface area contributed by atoms with E-state index in [1.807, 2.05) is 0 Å². The van der Waals surface area contributed by atoms with Gasteiger partial charge in [0.15, 0.2) is 6.04 Å². The lowest BCUT2D eigenvalue weighted by Crippen LogP contribution is -2.05. The molecule has 2 N–H and O–H groups in total. The third-order valence-electron chi connectivity index (χ3n) is 1.11. The van der Waals surface area contributed by atoms with Crippen LogP contribution in [0.1, 0.15) is 11.8 Å². The summed E-state index contributed by atoms with van der Waals surface area (Å²) in [6, 6.07) is 2.41. The van der Waals surface area contributed by atoms with E-state index < -0.39 is 6.04 Å². The molecule has 1 heterocycles. The average molecular weight is 191 g/mol. The second-order valence-corrected chi connectivity index (χ2v) is 2.63. The fourth-order valence-corrected chi connectivity index (χ4v) is 0.870. The molecule has 1 unspecified atom stereocenters. The predicted octanol–water partition coefficient (Wildman–Crippen LogP) is 2.11. The molecule has 0 bridgehead atoms. The van der Waals surface area contributed by atoms with Crippen molar-refractivity contribution < 1.29 is 4.42 Å². The zero-order valence-electron chi connectivity index (χ0n) is 5.34. The highest BCUT2D eigenvalue weighted by molar-refractivity contribution is 6.40. The highest BCUT2D eigenvalue weighted by atomic mass is 35.5. The van der Waals surface area contributed by atoms with Crippen LogP contribution in [0.3, 0.4) is 0 Å². The molecule has 0 fully saturated rings. The SMILES string of the molecule is N#CC(N)c1cc(Cl)c(Cl)o1. The van der Waals surface area contributed by atoms with E-state index in [1.165, 1.54) is 6.07 Å². The Balaban J connectivity index is 2.99. The summed E-state index contributed by atoms with van der Waals surface area (Å²) in [6.45, 7) is 0. The van der Waals surface area contributed by atoms with Crippen molar-refractivity contribution in [3.63, 3.8) is 0 Å². The maximum Gasteiger partial charge on any atom is 0.212 e. The third-order valence-corrected chi connectivity index (χ3v) is 1.77. The van der Waals surface area contributed by atoms with E-state index in [-0.39, 0.29) is 16.0 Å². The fourth-order valence-electron chi connectivity index (χ4n) is 0.580. The minimum absolute atomic E-state index is 0.0624. The van der Waals surface area contributed by atoms with E-state index >= 15 is 0 Å². The van der Waals surface area contributed by atoms with Gasteiger partial charge in [0.05, 0.1) is 11.1 Å². The van der Waals surface area contributed by atoms with Crippen molar-refractivity contribution in [2.24, 2.45) is 5.73 Å². The summed E-state index contributed by atoms with van der Waals surface area (Å²) in [6.07, 6.45) is 0. The van der Waals surface area contributed by atoms with E-state index in [4.69, 9.17) is 38.6 Å². The highest BCUT2D eigenvalue weighted by Gasteiger charge is 2.12. The van der Waals surface area contributed by atoms with Crippen molar-refractivity contribution in [3.05, 3.63) is 22.1 Å². The Morgan fingerprint density at radius 2 is 2.27 bits per heavy atom. The molecule has 5 heteroatoms. The van der Waals surface area contributed by atoms with Crippen LogP contribution in [0.5, 0.6) is 0 Å². The lowest BCUT2D eigenvalue weighted by atomic mass is 10.3. The average Bonchev–Trinajstić information content (AvgIpc) is 2.31. The largest absolute Gasteiger partial charge is 0.445 e. The molecule has 0 aliphatic heterocycles. The summed E-state index contributed by atoms with van der Waals surface area (Å²) in [5, 5.41) is 8.70. The molecular formula is C6H4Cl2N2O. The van der Waals surface area contributed by atoms with Gasteiger partial charge in [0.25, 0.3) is 0 Å². The van der Waals surface area contributed by atoms with Gasteiger partial charge in [-0.3, -0.25) is 0 Å². The van der Waals surface area contributed by atoms with Crippen LogP contribution in [0.2, 0.25) is 10.2 Å². The Morgan fingerprint density at radius 3 is 2.64 bits per heavy atom. The fraction of sp³-hybridized carbons (Fsp3) is 0.167. The summed E-state index contributed by atoms with van der Waals surface area (Å²) in [4.78, 5) is 0. The van der Waals surface area contributed by atoms with Crippen LogP contribution in [-0.2, 0) is 0 Å². The van der Waals surface area contributed by atoms with Crippen molar-refractivity contribution in [1.82, 2.24) is 0 Å². The van der Waals surface area contributed by atoms with Gasteiger partial charge < -0.3 is 10.2 Å². The van der Waals surface area contributed by atoms with Gasteiger partial charge >= 0.3 is 0 Å². The molecule has 0 spiro atoms. The van der Waals surface area contributed by atoms with Crippen molar-refractivity contribution >= 4 is 23.2 Å². The van der Waals surface area contributed by atoms with Crippen LogP contribution in [0, 0.1) is 11.3 Å². The first-order chi connectivity index (χ1) is 5.15. The van der Waals surface area contributed by atoms with Crippen LogP contribution < -0.4 is 5.73 Å². The molecule has 0 saturated carbocycles. The number of nitrogens with two attached hydrogens (primary N) is 1. The van der Waals surface area contributed by atoms with Crippen LogP contribution in [-0.4, -0.2) is 0 Å². The smallest absolute Gasteiger partial charge is 0.212 e. The van der Waals surface area contributed by atoms with Gasteiger partial charge in [0, 0.05) is 6.07 Å². The number of hydrogen-bond acceptors (Lipinski definition) is 3. The second-order valence-electron chi connectivity index (χ2n) is 1.88. The molecule has 1 rings (SSSR count). The molecule has 1 aromatic heterocycles. The van der Waals surface area contributed by atoms with Gasteiger partial charge in [-0.05, 0) is 11.6 Å². The Kier molecular flexibility index (Phi) is 2.40. The normalized spacial score (nSPS) is 12.5. The molecular weight excluding hydrogens is 187 g/mol. The van der Waals surface area contributed by atoms with Crippen molar-refractivity contribution in [3.8, 4) is 6.07 Å². The number of halogens is 2. The Hall–Kier alpha value is -0.690. The molecule has 1 atom stereocenters. The molecule has 0 amide bonds. The third kappa shape index (κ3) is 1.66. The quantitative estimate of drug-likeness (QED) is 0.739. The maximum atomic E-state index is 8.37. The first kappa shape index (κ1) is 8.41. The molecule has 11 heavy (non-hydrogen) atoms. The van der Waals surface area contributed by atoms with Gasteiger partial charge in [-0.15, -0.1) is 0 Å². The number of nitrogens with zero attached hydrogens (tertiary/aromatic N) is 1. The summed E-state index contributed by atoms with van der Waals surface area (Å²) in [7, 11) is 0. The molecule has 0 saturated heterocycles. The lowest BCUT2D eigenvalue weighted by Gasteiger charge is -1.93. The molecule has 0 aromatic carbocycles. The standard InChI is InChI=1S/C6H4Cl2N2O/c7-3-1-5(4(10)2-9)11-6(3)8/h1,4H,10H2. The highest BCUT2D eigenvalue weighted by Crippen LogP contribution is 2.27. The van der Waals surface area contributed by atoms with Gasteiger partial charge in [0.1, 0.15) is 5.76 Å². The van der Waals surface area contributed by atoms with Gasteiger partial charge in [-0.1, -0.05) is 11.6 Å². The Bertz CT molecular complexity index is 283. The Labute approximate surface area is 73.3 Å². The number of nitriles is 1. The van der Waals surface area contributed by atoms with Crippen LogP contribution in [0.4, 0.5) is 0 Å². The first-order valence-electron chi connectivity index (χ1n) is 2.75. The topological polar surface area (TPSA) is 63.0 Å². The van der Waals surface area contributed by atoms with E-state index in [9.17, 15) is 0 Å². The summed E-state index contributed by atoms with van der Waals surface area (Å²) in [5.41, 5.74) is 5.30. The summed E-state index contributed by atoms with van der Waals surface area (Å²) < 4.78 is 4.85. The van der Waals surface area contributed by atoms with Crippen LogP contribution in [0.25, 0.3) is 0 Å². The molecule has 58 valence electrons. The van der Waals surface area contributed by atoms with Crippen molar-refractivity contribution in [2.75, 3.05) is 0 Å². The number of rotatable bonds is 1. The van der Waals surface area contributed by atoms with Crippen LogP contribution in [0.15, 0.2) is 10.5 Å². The van der Waals surface area contributed by atoms with E-state index in [2.05, 4.69) is 0 Å². The van der Waals surface area contributed by atoms with Crippen LogP contribution >= 0.6 is 23.2 Å². The van der Waals surface area contributed by atoms with Gasteiger partial charge in [-0.2, -0.15) is 5.26 Å². The molecule has 0 aliphatic carbocycles. The Morgan fingerprint density at radius 1 is 1.64 bits per heavy atom. The van der Waals surface area contributed by atoms with Crippen molar-refractivity contribution in [2.45, 2.75) is 6.04 Å². The maximum absolute atomic E-state index is 8.37. The van der Waals surface area contributed by atoms with E-state index in [0.29, 0.717) is 0 Å². The molecule has 3 nitrogen and oxygen atoms in total. The predicted molar refractivity (Wildman–Crippen MR) is 41.3 cm³/mol. The zero-order valence-corrected chi connectivity index (χ0v) is 6.86. The van der Waals surface area contributed by atoms with E-state index in [0.717, 1.165) is 0 Å². The molecule has 0 radical (unpaired) electrons. The zero-order chi connectivity index (χ0) is 8.43.